The van der Waals surface area contributed by atoms with Gasteiger partial charge in [-0.2, -0.15) is 0 Å². The van der Waals surface area contributed by atoms with Gasteiger partial charge >= 0.3 is 0 Å². The number of non-ortho nitro benzene ring substituents is 1. The molecule has 1 heterocycles. The van der Waals surface area contributed by atoms with Crippen molar-refractivity contribution in [1.82, 2.24) is 4.98 Å². The number of aromatic nitrogens is 1. The zero-order valence-electron chi connectivity index (χ0n) is 10.1. The summed E-state index contributed by atoms with van der Waals surface area (Å²) in [7, 11) is 0. The Morgan fingerprint density at radius 3 is 2.83 bits per heavy atom. The number of thiazole rings is 1. The molecule has 0 aliphatic rings. The molecule has 1 N–H and O–H groups in total. The third-order valence-corrected chi connectivity index (χ3v) is 3.47. The first-order valence-corrected chi connectivity index (χ1v) is 6.28. The van der Waals surface area contributed by atoms with Crippen LogP contribution in [0.1, 0.15) is 15.4 Å². The van der Waals surface area contributed by atoms with Crippen LogP contribution in [-0.4, -0.2) is 9.91 Å². The summed E-state index contributed by atoms with van der Waals surface area (Å²) in [6, 6.07) is 4.82. The van der Waals surface area contributed by atoms with E-state index < -0.39 is 0 Å². The van der Waals surface area contributed by atoms with Gasteiger partial charge in [-0.3, -0.25) is 10.1 Å². The van der Waals surface area contributed by atoms with E-state index >= 15 is 0 Å². The van der Waals surface area contributed by atoms with Gasteiger partial charge in [-0.15, -0.1) is 11.3 Å². The van der Waals surface area contributed by atoms with Crippen LogP contribution in [0.5, 0.6) is 0 Å². The van der Waals surface area contributed by atoms with E-state index in [0.29, 0.717) is 6.54 Å². The van der Waals surface area contributed by atoms with E-state index in [9.17, 15) is 10.1 Å². The number of benzene rings is 1. The standard InChI is InChI=1S/C12H13N3O2S/c1-8-3-4-10(15(16)17)5-12(8)14-7-11-6-13-9(2)18-11/h3-6,14H,7H2,1-2H3. The highest BCUT2D eigenvalue weighted by Gasteiger charge is 2.08. The maximum atomic E-state index is 10.7. The van der Waals surface area contributed by atoms with E-state index in [2.05, 4.69) is 10.3 Å². The summed E-state index contributed by atoms with van der Waals surface area (Å²) in [6.07, 6.45) is 1.82. The van der Waals surface area contributed by atoms with Crippen LogP contribution in [0.25, 0.3) is 0 Å². The summed E-state index contributed by atoms with van der Waals surface area (Å²) < 4.78 is 0. The van der Waals surface area contributed by atoms with Crippen molar-refractivity contribution >= 4 is 22.7 Å². The van der Waals surface area contributed by atoms with Crippen molar-refractivity contribution in [3.05, 3.63) is 50.0 Å². The summed E-state index contributed by atoms with van der Waals surface area (Å²) >= 11 is 1.62. The Labute approximate surface area is 109 Å². The quantitative estimate of drug-likeness (QED) is 0.679. The Morgan fingerprint density at radius 1 is 1.44 bits per heavy atom. The molecule has 0 aliphatic carbocycles. The van der Waals surface area contributed by atoms with E-state index in [-0.39, 0.29) is 10.6 Å². The number of hydrogen-bond acceptors (Lipinski definition) is 5. The molecule has 0 aliphatic heterocycles. The van der Waals surface area contributed by atoms with Crippen LogP contribution >= 0.6 is 11.3 Å². The molecule has 0 bridgehead atoms. The number of nitrogens with one attached hydrogen (secondary N) is 1. The maximum absolute atomic E-state index is 10.7. The molecule has 2 rings (SSSR count). The highest BCUT2D eigenvalue weighted by Crippen LogP contribution is 2.23. The first kappa shape index (κ1) is 12.5. The first-order valence-electron chi connectivity index (χ1n) is 5.46. The molecule has 0 unspecified atom stereocenters. The van der Waals surface area contributed by atoms with Crippen molar-refractivity contribution in [2.24, 2.45) is 0 Å². The zero-order chi connectivity index (χ0) is 13.1. The van der Waals surface area contributed by atoms with Crippen molar-refractivity contribution in [3.8, 4) is 0 Å². The molecule has 94 valence electrons. The summed E-state index contributed by atoms with van der Waals surface area (Å²) in [4.78, 5) is 15.6. The molecular weight excluding hydrogens is 250 g/mol. The van der Waals surface area contributed by atoms with Crippen LogP contribution in [-0.2, 0) is 6.54 Å². The zero-order valence-corrected chi connectivity index (χ0v) is 11.0. The molecule has 0 saturated heterocycles. The predicted octanol–water partition coefficient (Wildman–Crippen LogP) is 3.28. The van der Waals surface area contributed by atoms with Crippen LogP contribution in [0.3, 0.4) is 0 Å². The molecule has 0 saturated carbocycles. The van der Waals surface area contributed by atoms with E-state index in [1.807, 2.05) is 20.0 Å². The van der Waals surface area contributed by atoms with E-state index in [1.165, 1.54) is 6.07 Å². The lowest BCUT2D eigenvalue weighted by Crippen LogP contribution is -2.00. The van der Waals surface area contributed by atoms with Crippen molar-refractivity contribution in [1.29, 1.82) is 0 Å². The molecule has 0 amide bonds. The number of nitro groups is 1. The van der Waals surface area contributed by atoms with E-state index in [0.717, 1.165) is 21.1 Å². The average molecular weight is 263 g/mol. The van der Waals surface area contributed by atoms with Gasteiger partial charge in [0, 0.05) is 28.9 Å². The smallest absolute Gasteiger partial charge is 0.271 e. The van der Waals surface area contributed by atoms with Gasteiger partial charge in [-0.25, -0.2) is 4.98 Å². The second-order valence-corrected chi connectivity index (χ2v) is 5.27. The van der Waals surface area contributed by atoms with Crippen molar-refractivity contribution in [2.45, 2.75) is 20.4 Å². The molecule has 6 heteroatoms. The fraction of sp³-hybridized carbons (Fsp3) is 0.250. The Balaban J connectivity index is 2.13. The molecule has 0 atom stereocenters. The van der Waals surface area contributed by atoms with Gasteiger partial charge in [0.15, 0.2) is 0 Å². The topological polar surface area (TPSA) is 68.1 Å². The second kappa shape index (κ2) is 5.14. The molecule has 1 aromatic heterocycles. The number of nitrogens with zero attached hydrogens (tertiary/aromatic N) is 2. The highest BCUT2D eigenvalue weighted by molar-refractivity contribution is 7.11. The Hall–Kier alpha value is -1.95. The number of anilines is 1. The van der Waals surface area contributed by atoms with Crippen molar-refractivity contribution in [2.75, 3.05) is 5.32 Å². The van der Waals surface area contributed by atoms with Gasteiger partial charge in [-0.05, 0) is 19.4 Å². The lowest BCUT2D eigenvalue weighted by atomic mass is 10.2. The van der Waals surface area contributed by atoms with Crippen molar-refractivity contribution in [3.63, 3.8) is 0 Å². The van der Waals surface area contributed by atoms with E-state index in [4.69, 9.17) is 0 Å². The monoisotopic (exact) mass is 263 g/mol. The molecule has 5 nitrogen and oxygen atoms in total. The first-order chi connectivity index (χ1) is 8.56. The molecule has 18 heavy (non-hydrogen) atoms. The third kappa shape index (κ3) is 2.84. The Kier molecular flexibility index (Phi) is 3.57. The highest BCUT2D eigenvalue weighted by atomic mass is 32.1. The van der Waals surface area contributed by atoms with E-state index in [1.54, 1.807) is 23.5 Å². The average Bonchev–Trinajstić information content (AvgIpc) is 2.74. The molecule has 2 aromatic rings. The van der Waals surface area contributed by atoms with Gasteiger partial charge < -0.3 is 5.32 Å². The SMILES string of the molecule is Cc1ncc(CNc2cc([N+](=O)[O-])ccc2C)s1. The molecule has 0 spiro atoms. The van der Waals surface area contributed by atoms with Gasteiger partial charge in [0.05, 0.1) is 16.5 Å². The normalized spacial score (nSPS) is 10.3. The molecular formula is C12H13N3O2S. The van der Waals surface area contributed by atoms with Crippen LogP contribution in [0.2, 0.25) is 0 Å². The second-order valence-electron chi connectivity index (χ2n) is 3.96. The number of hydrogen-bond donors (Lipinski definition) is 1. The summed E-state index contributed by atoms with van der Waals surface area (Å²) in [5.74, 6) is 0. The maximum Gasteiger partial charge on any atom is 0.271 e. The Morgan fingerprint density at radius 2 is 2.22 bits per heavy atom. The van der Waals surface area contributed by atoms with Crippen LogP contribution in [0.15, 0.2) is 24.4 Å². The van der Waals surface area contributed by atoms with Gasteiger partial charge in [0.1, 0.15) is 0 Å². The number of nitro benzene ring substituents is 1. The predicted molar refractivity (Wildman–Crippen MR) is 72.0 cm³/mol. The number of aryl methyl sites for hydroxylation is 2. The van der Waals surface area contributed by atoms with Gasteiger partial charge in [0.2, 0.25) is 0 Å². The fourth-order valence-corrected chi connectivity index (χ4v) is 2.32. The Bertz CT molecular complexity index is 580. The minimum atomic E-state index is -0.387. The molecule has 1 aromatic carbocycles. The largest absolute Gasteiger partial charge is 0.380 e. The molecule has 0 radical (unpaired) electrons. The minimum Gasteiger partial charge on any atom is -0.380 e. The van der Waals surface area contributed by atoms with Crippen molar-refractivity contribution < 1.29 is 4.92 Å². The summed E-state index contributed by atoms with van der Waals surface area (Å²) in [5.41, 5.74) is 1.88. The third-order valence-electron chi connectivity index (χ3n) is 2.55. The lowest BCUT2D eigenvalue weighted by molar-refractivity contribution is -0.384. The van der Waals surface area contributed by atoms with Gasteiger partial charge in [-0.1, -0.05) is 6.07 Å². The summed E-state index contributed by atoms with van der Waals surface area (Å²) in [6.45, 7) is 4.50. The minimum absolute atomic E-state index is 0.101. The van der Waals surface area contributed by atoms with Gasteiger partial charge in [0.25, 0.3) is 5.69 Å². The van der Waals surface area contributed by atoms with Crippen LogP contribution in [0, 0.1) is 24.0 Å². The van der Waals surface area contributed by atoms with Crippen LogP contribution in [0.4, 0.5) is 11.4 Å². The fourth-order valence-electron chi connectivity index (χ4n) is 1.58. The summed E-state index contributed by atoms with van der Waals surface area (Å²) in [5, 5.41) is 14.9. The molecule has 0 fully saturated rings. The lowest BCUT2D eigenvalue weighted by Gasteiger charge is -2.07. The van der Waals surface area contributed by atoms with Crippen LogP contribution < -0.4 is 5.32 Å². The number of rotatable bonds is 4.